The Morgan fingerprint density at radius 1 is 0.914 bits per heavy atom. The maximum absolute atomic E-state index is 13.6. The van der Waals surface area contributed by atoms with Crippen molar-refractivity contribution < 1.29 is 13.2 Å². The molecule has 180 valence electrons. The summed E-state index contributed by atoms with van der Waals surface area (Å²) in [5, 5.41) is 0.572. The van der Waals surface area contributed by atoms with Gasteiger partial charge in [-0.3, -0.25) is 14.7 Å². The summed E-state index contributed by atoms with van der Waals surface area (Å²) in [6.07, 6.45) is 5.55. The van der Waals surface area contributed by atoms with Gasteiger partial charge in [0.1, 0.15) is 0 Å². The topological polar surface area (TPSA) is 83.5 Å². The molecule has 35 heavy (non-hydrogen) atoms. The van der Waals surface area contributed by atoms with E-state index >= 15 is 0 Å². The number of para-hydroxylation sites is 1. The van der Waals surface area contributed by atoms with Crippen LogP contribution in [0.5, 0.6) is 0 Å². The van der Waals surface area contributed by atoms with Crippen molar-refractivity contribution in [2.24, 2.45) is 0 Å². The zero-order valence-electron chi connectivity index (χ0n) is 19.2. The highest BCUT2D eigenvalue weighted by Crippen LogP contribution is 2.31. The molecule has 2 aromatic carbocycles. The molecule has 0 radical (unpaired) electrons. The summed E-state index contributed by atoms with van der Waals surface area (Å²) in [4.78, 5) is 24.5. The molecule has 0 bridgehead atoms. The van der Waals surface area contributed by atoms with E-state index in [0.717, 1.165) is 41.6 Å². The van der Waals surface area contributed by atoms with Crippen LogP contribution in [0.3, 0.4) is 0 Å². The number of aromatic nitrogens is 2. The van der Waals surface area contributed by atoms with Crippen LogP contribution in [0, 0.1) is 0 Å². The molecule has 0 atom stereocenters. The zero-order chi connectivity index (χ0) is 24.3. The van der Waals surface area contributed by atoms with Crippen LogP contribution in [0.2, 0.25) is 0 Å². The molecule has 0 spiro atoms. The van der Waals surface area contributed by atoms with Crippen molar-refractivity contribution in [2.75, 3.05) is 18.0 Å². The molecule has 0 aliphatic carbocycles. The number of hydrogen-bond donors (Lipinski definition) is 0. The fraction of sp³-hybridized carbons (Fsp3) is 0.269. The van der Waals surface area contributed by atoms with E-state index in [1.54, 1.807) is 27.5 Å². The summed E-state index contributed by atoms with van der Waals surface area (Å²) in [5.41, 5.74) is 1.96. The van der Waals surface area contributed by atoms with Crippen LogP contribution < -0.4 is 4.90 Å². The normalized spacial score (nSPS) is 15.1. The molecular formula is C26H26N4O3S2. The Bertz CT molecular complexity index is 1380. The van der Waals surface area contributed by atoms with Crippen molar-refractivity contribution in [3.05, 3.63) is 84.2 Å². The minimum absolute atomic E-state index is 0.215. The number of fused-ring (bicyclic) bond motifs is 1. The molecule has 1 aliphatic rings. The quantitative estimate of drug-likeness (QED) is 0.363. The van der Waals surface area contributed by atoms with Crippen LogP contribution >= 0.6 is 11.3 Å². The van der Waals surface area contributed by atoms with Gasteiger partial charge >= 0.3 is 0 Å². The summed E-state index contributed by atoms with van der Waals surface area (Å²) in [7, 11) is -3.58. The van der Waals surface area contributed by atoms with Gasteiger partial charge in [0.05, 0.1) is 27.4 Å². The van der Waals surface area contributed by atoms with E-state index in [0.29, 0.717) is 23.8 Å². The van der Waals surface area contributed by atoms with Gasteiger partial charge in [-0.25, -0.2) is 13.4 Å². The van der Waals surface area contributed by atoms with Crippen LogP contribution in [-0.4, -0.2) is 41.7 Å². The highest BCUT2D eigenvalue weighted by Gasteiger charge is 2.27. The Morgan fingerprint density at radius 2 is 1.63 bits per heavy atom. The average Bonchev–Trinajstić information content (AvgIpc) is 3.11. The van der Waals surface area contributed by atoms with Crippen molar-refractivity contribution in [2.45, 2.75) is 37.1 Å². The lowest BCUT2D eigenvalue weighted by Gasteiger charge is -2.21. The van der Waals surface area contributed by atoms with Gasteiger partial charge in [-0.1, -0.05) is 42.4 Å². The van der Waals surface area contributed by atoms with Gasteiger partial charge in [0.2, 0.25) is 10.0 Å². The minimum atomic E-state index is -3.58. The average molecular weight is 507 g/mol. The van der Waals surface area contributed by atoms with Gasteiger partial charge in [-0.2, -0.15) is 4.31 Å². The fourth-order valence-corrected chi connectivity index (χ4v) is 6.69. The molecule has 7 nitrogen and oxygen atoms in total. The van der Waals surface area contributed by atoms with E-state index in [1.807, 2.05) is 42.5 Å². The number of nitrogens with zero attached hydrogens (tertiary/aromatic N) is 4. The summed E-state index contributed by atoms with van der Waals surface area (Å²) in [5.74, 6) is -0.256. The first-order chi connectivity index (χ1) is 17.0. The Kier molecular flexibility index (Phi) is 6.90. The number of amides is 1. The van der Waals surface area contributed by atoms with Crippen LogP contribution in [0.1, 0.15) is 41.7 Å². The monoisotopic (exact) mass is 506 g/mol. The van der Waals surface area contributed by atoms with Crippen LogP contribution in [0.15, 0.2) is 77.8 Å². The van der Waals surface area contributed by atoms with E-state index in [9.17, 15) is 13.2 Å². The Labute approximate surface area is 209 Å². The van der Waals surface area contributed by atoms with Crippen molar-refractivity contribution >= 4 is 42.6 Å². The highest BCUT2D eigenvalue weighted by molar-refractivity contribution is 7.89. The summed E-state index contributed by atoms with van der Waals surface area (Å²) in [6, 6.07) is 19.6. The Morgan fingerprint density at radius 3 is 2.31 bits per heavy atom. The van der Waals surface area contributed by atoms with E-state index < -0.39 is 10.0 Å². The predicted octanol–water partition coefficient (Wildman–Crippen LogP) is 5.10. The number of benzene rings is 2. The van der Waals surface area contributed by atoms with E-state index in [2.05, 4.69) is 9.97 Å². The van der Waals surface area contributed by atoms with Gasteiger partial charge in [-0.15, -0.1) is 0 Å². The van der Waals surface area contributed by atoms with Crippen LogP contribution in [0.25, 0.3) is 10.2 Å². The largest absolute Gasteiger partial charge is 0.278 e. The third kappa shape index (κ3) is 5.12. The second-order valence-corrected chi connectivity index (χ2v) is 11.5. The van der Waals surface area contributed by atoms with Crippen LogP contribution in [-0.2, 0) is 16.6 Å². The molecule has 2 aromatic heterocycles. The Hall–Kier alpha value is -3.14. The summed E-state index contributed by atoms with van der Waals surface area (Å²) in [6.45, 7) is 1.34. The molecule has 1 fully saturated rings. The summed E-state index contributed by atoms with van der Waals surface area (Å²) >= 11 is 1.44. The fourth-order valence-electron chi connectivity index (χ4n) is 4.21. The number of carbonyl (C=O) groups excluding carboxylic acids is 1. The number of anilines is 1. The molecule has 0 unspecified atom stereocenters. The van der Waals surface area contributed by atoms with Crippen LogP contribution in [0.4, 0.5) is 5.13 Å². The molecule has 9 heteroatoms. The first-order valence-electron chi connectivity index (χ1n) is 11.7. The molecule has 1 saturated heterocycles. The maximum atomic E-state index is 13.6. The lowest BCUT2D eigenvalue weighted by molar-refractivity contribution is 0.0984. The van der Waals surface area contributed by atoms with Gasteiger partial charge in [-0.05, 0) is 61.4 Å². The molecule has 1 amide bonds. The van der Waals surface area contributed by atoms with Crippen molar-refractivity contribution in [1.29, 1.82) is 0 Å². The standard InChI is InChI=1S/C26H26N4O3S2/c31-25(20-12-14-22(15-13-20)35(32,33)29-17-7-1-2-8-18-29)30(19-21-9-5-6-16-27-21)26-28-23-10-3-4-11-24(23)34-26/h3-6,9-16H,1-2,7-8,17-19H2. The number of sulfonamides is 1. The first kappa shape index (κ1) is 23.6. The SMILES string of the molecule is O=C(c1ccc(S(=O)(=O)N2CCCCCC2)cc1)N(Cc1ccccn1)c1nc2ccccc2s1. The number of carbonyl (C=O) groups is 1. The smallest absolute Gasteiger partial charge is 0.260 e. The molecule has 5 rings (SSSR count). The highest BCUT2D eigenvalue weighted by atomic mass is 32.2. The molecular weight excluding hydrogens is 480 g/mol. The molecule has 3 heterocycles. The summed E-state index contributed by atoms with van der Waals surface area (Å²) < 4.78 is 28.8. The second kappa shape index (κ2) is 10.2. The van der Waals surface area contributed by atoms with Gasteiger partial charge in [0.25, 0.3) is 5.91 Å². The van der Waals surface area contributed by atoms with E-state index in [1.165, 1.54) is 23.5 Å². The zero-order valence-corrected chi connectivity index (χ0v) is 20.8. The van der Waals surface area contributed by atoms with E-state index in [4.69, 9.17) is 0 Å². The molecule has 4 aromatic rings. The van der Waals surface area contributed by atoms with Crippen molar-refractivity contribution in [1.82, 2.24) is 14.3 Å². The molecule has 0 N–H and O–H groups in total. The number of rotatable bonds is 6. The maximum Gasteiger partial charge on any atom is 0.260 e. The third-order valence-electron chi connectivity index (χ3n) is 6.11. The molecule has 1 aliphatic heterocycles. The minimum Gasteiger partial charge on any atom is -0.278 e. The second-order valence-electron chi connectivity index (χ2n) is 8.52. The van der Waals surface area contributed by atoms with Crippen molar-refractivity contribution in [3.63, 3.8) is 0 Å². The predicted molar refractivity (Wildman–Crippen MR) is 138 cm³/mol. The number of hydrogen-bond acceptors (Lipinski definition) is 6. The van der Waals surface area contributed by atoms with E-state index in [-0.39, 0.29) is 17.3 Å². The van der Waals surface area contributed by atoms with Gasteiger partial charge < -0.3 is 0 Å². The molecule has 0 saturated carbocycles. The third-order valence-corrected chi connectivity index (χ3v) is 9.08. The lowest BCUT2D eigenvalue weighted by atomic mass is 10.2. The first-order valence-corrected chi connectivity index (χ1v) is 14.0. The number of thiazole rings is 1. The Balaban J connectivity index is 1.45. The van der Waals surface area contributed by atoms with Crippen molar-refractivity contribution in [3.8, 4) is 0 Å². The van der Waals surface area contributed by atoms with Gasteiger partial charge in [0.15, 0.2) is 5.13 Å². The lowest BCUT2D eigenvalue weighted by Crippen LogP contribution is -2.32. The van der Waals surface area contributed by atoms with Gasteiger partial charge in [0, 0.05) is 24.8 Å². The number of pyridine rings is 1.